The van der Waals surface area contributed by atoms with Crippen LogP contribution in [0.2, 0.25) is 0 Å². The first-order valence-electron chi connectivity index (χ1n) is 9.83. The normalized spacial score (nSPS) is 16.2. The molecule has 0 bridgehead atoms. The molecule has 0 spiro atoms. The van der Waals surface area contributed by atoms with Crippen molar-refractivity contribution in [2.45, 2.75) is 32.7 Å². The van der Waals surface area contributed by atoms with Gasteiger partial charge in [-0.05, 0) is 42.7 Å². The van der Waals surface area contributed by atoms with Crippen LogP contribution in [-0.4, -0.2) is 41.4 Å². The monoisotopic (exact) mass is 381 g/mol. The van der Waals surface area contributed by atoms with E-state index in [1.807, 2.05) is 42.5 Å². The minimum absolute atomic E-state index is 0.00609. The highest BCUT2D eigenvalue weighted by atomic mass is 16.5. The standard InChI is InChI=1S/C22H27N3O3/c1-2-12-28-20-8-5-6-17(13-20)9-11-24-22(27)18-14-21(26)25(15-18)16-19-7-3-4-10-23-19/h3-8,10,13,18H,2,9,11-12,14-16H2,1H3,(H,24,27). The Kier molecular flexibility index (Phi) is 7.00. The molecular weight excluding hydrogens is 354 g/mol. The predicted molar refractivity (Wildman–Crippen MR) is 107 cm³/mol. The Labute approximate surface area is 165 Å². The number of hydrogen-bond donors (Lipinski definition) is 1. The van der Waals surface area contributed by atoms with E-state index in [2.05, 4.69) is 17.2 Å². The Morgan fingerprint density at radius 3 is 2.96 bits per heavy atom. The number of aromatic nitrogens is 1. The van der Waals surface area contributed by atoms with E-state index in [0.717, 1.165) is 29.8 Å². The van der Waals surface area contributed by atoms with E-state index in [9.17, 15) is 9.59 Å². The van der Waals surface area contributed by atoms with Crippen molar-refractivity contribution in [1.29, 1.82) is 0 Å². The SMILES string of the molecule is CCCOc1cccc(CCNC(=O)C2CC(=O)N(Cc3ccccn3)C2)c1. The van der Waals surface area contributed by atoms with Gasteiger partial charge < -0.3 is 15.0 Å². The summed E-state index contributed by atoms with van der Waals surface area (Å²) in [6.07, 6.45) is 3.67. The van der Waals surface area contributed by atoms with Crippen LogP contribution in [0.15, 0.2) is 48.7 Å². The van der Waals surface area contributed by atoms with Crippen molar-refractivity contribution >= 4 is 11.8 Å². The van der Waals surface area contributed by atoms with Gasteiger partial charge in [-0.25, -0.2) is 0 Å². The number of ether oxygens (including phenoxy) is 1. The maximum Gasteiger partial charge on any atom is 0.225 e. The minimum atomic E-state index is -0.296. The van der Waals surface area contributed by atoms with Crippen LogP contribution in [0.25, 0.3) is 0 Å². The molecule has 1 N–H and O–H groups in total. The summed E-state index contributed by atoms with van der Waals surface area (Å²) in [6.45, 7) is 4.21. The molecule has 1 fully saturated rings. The van der Waals surface area contributed by atoms with Gasteiger partial charge in [0.05, 0.1) is 24.8 Å². The van der Waals surface area contributed by atoms with Gasteiger partial charge in [-0.2, -0.15) is 0 Å². The minimum Gasteiger partial charge on any atom is -0.494 e. The van der Waals surface area contributed by atoms with Crippen molar-refractivity contribution in [1.82, 2.24) is 15.2 Å². The van der Waals surface area contributed by atoms with Gasteiger partial charge in [-0.15, -0.1) is 0 Å². The number of nitrogens with zero attached hydrogens (tertiary/aromatic N) is 2. The van der Waals surface area contributed by atoms with Gasteiger partial charge in [-0.1, -0.05) is 25.1 Å². The van der Waals surface area contributed by atoms with E-state index < -0.39 is 0 Å². The Morgan fingerprint density at radius 1 is 1.29 bits per heavy atom. The van der Waals surface area contributed by atoms with E-state index in [-0.39, 0.29) is 24.2 Å². The second-order valence-electron chi connectivity index (χ2n) is 7.03. The van der Waals surface area contributed by atoms with Crippen molar-refractivity contribution in [2.75, 3.05) is 19.7 Å². The number of carbonyl (C=O) groups is 2. The summed E-state index contributed by atoms with van der Waals surface area (Å²) in [6, 6.07) is 13.6. The quantitative estimate of drug-likeness (QED) is 0.725. The van der Waals surface area contributed by atoms with Gasteiger partial charge in [0.25, 0.3) is 0 Å². The first kappa shape index (κ1) is 19.9. The number of carbonyl (C=O) groups excluding carboxylic acids is 2. The van der Waals surface area contributed by atoms with E-state index in [0.29, 0.717) is 26.2 Å². The average Bonchev–Trinajstić information content (AvgIpc) is 3.08. The number of rotatable bonds is 9. The molecule has 6 heteroatoms. The molecule has 1 saturated heterocycles. The van der Waals surface area contributed by atoms with Crippen LogP contribution >= 0.6 is 0 Å². The van der Waals surface area contributed by atoms with Crippen LogP contribution in [0.4, 0.5) is 0 Å². The van der Waals surface area contributed by atoms with Crippen molar-refractivity contribution < 1.29 is 14.3 Å². The summed E-state index contributed by atoms with van der Waals surface area (Å²) < 4.78 is 5.64. The van der Waals surface area contributed by atoms with Crippen LogP contribution in [0.5, 0.6) is 5.75 Å². The summed E-state index contributed by atoms with van der Waals surface area (Å²) in [4.78, 5) is 30.6. The smallest absolute Gasteiger partial charge is 0.225 e. The lowest BCUT2D eigenvalue weighted by molar-refractivity contribution is -0.129. The molecule has 0 radical (unpaired) electrons. The molecule has 3 rings (SSSR count). The largest absolute Gasteiger partial charge is 0.494 e. The third-order valence-electron chi connectivity index (χ3n) is 4.75. The van der Waals surface area contributed by atoms with Gasteiger partial charge in [-0.3, -0.25) is 14.6 Å². The highest BCUT2D eigenvalue weighted by molar-refractivity contribution is 5.89. The van der Waals surface area contributed by atoms with Crippen molar-refractivity contribution in [3.05, 3.63) is 59.9 Å². The molecule has 148 valence electrons. The zero-order chi connectivity index (χ0) is 19.8. The molecule has 0 aliphatic carbocycles. The van der Waals surface area contributed by atoms with Crippen LogP contribution in [-0.2, 0) is 22.6 Å². The van der Waals surface area contributed by atoms with Crippen LogP contribution < -0.4 is 10.1 Å². The molecule has 0 saturated carbocycles. The number of amides is 2. The van der Waals surface area contributed by atoms with Gasteiger partial charge in [0.1, 0.15) is 5.75 Å². The first-order valence-corrected chi connectivity index (χ1v) is 9.83. The summed E-state index contributed by atoms with van der Waals surface area (Å²) in [5.41, 5.74) is 1.95. The highest BCUT2D eigenvalue weighted by Gasteiger charge is 2.34. The van der Waals surface area contributed by atoms with E-state index in [4.69, 9.17) is 4.74 Å². The second-order valence-corrected chi connectivity index (χ2v) is 7.03. The molecule has 1 aliphatic heterocycles. The lowest BCUT2D eigenvalue weighted by Gasteiger charge is -2.16. The van der Waals surface area contributed by atoms with Gasteiger partial charge in [0.15, 0.2) is 0 Å². The Hall–Kier alpha value is -2.89. The number of nitrogens with one attached hydrogen (secondary N) is 1. The van der Waals surface area contributed by atoms with E-state index >= 15 is 0 Å². The molecule has 2 amide bonds. The topological polar surface area (TPSA) is 71.5 Å². The fourth-order valence-corrected chi connectivity index (χ4v) is 3.27. The highest BCUT2D eigenvalue weighted by Crippen LogP contribution is 2.20. The molecular formula is C22H27N3O3. The van der Waals surface area contributed by atoms with Gasteiger partial charge >= 0.3 is 0 Å². The molecule has 28 heavy (non-hydrogen) atoms. The lowest BCUT2D eigenvalue weighted by Crippen LogP contribution is -2.34. The van der Waals surface area contributed by atoms with Crippen molar-refractivity contribution in [2.24, 2.45) is 5.92 Å². The third kappa shape index (κ3) is 5.55. The maximum atomic E-state index is 12.5. The van der Waals surface area contributed by atoms with Crippen molar-refractivity contribution in [3.8, 4) is 5.75 Å². The fraction of sp³-hybridized carbons (Fsp3) is 0.409. The van der Waals surface area contributed by atoms with Gasteiger partial charge in [0.2, 0.25) is 11.8 Å². The van der Waals surface area contributed by atoms with E-state index in [1.54, 1.807) is 11.1 Å². The molecule has 2 heterocycles. The summed E-state index contributed by atoms with van der Waals surface area (Å²) in [5, 5.41) is 2.97. The lowest BCUT2D eigenvalue weighted by atomic mass is 10.1. The van der Waals surface area contributed by atoms with E-state index in [1.165, 1.54) is 0 Å². The summed E-state index contributed by atoms with van der Waals surface area (Å²) >= 11 is 0. The number of hydrogen-bond acceptors (Lipinski definition) is 4. The zero-order valence-electron chi connectivity index (χ0n) is 16.3. The second kappa shape index (κ2) is 9.88. The molecule has 1 aromatic carbocycles. The number of likely N-dealkylation sites (tertiary alicyclic amines) is 1. The molecule has 6 nitrogen and oxygen atoms in total. The zero-order valence-corrected chi connectivity index (χ0v) is 16.3. The fourth-order valence-electron chi connectivity index (χ4n) is 3.27. The van der Waals surface area contributed by atoms with Crippen LogP contribution in [0.1, 0.15) is 31.0 Å². The summed E-state index contributed by atoms with van der Waals surface area (Å²) in [7, 11) is 0. The van der Waals surface area contributed by atoms with Gasteiger partial charge in [0, 0.05) is 25.7 Å². The third-order valence-corrected chi connectivity index (χ3v) is 4.75. The molecule has 1 unspecified atom stereocenters. The molecule has 2 aromatic rings. The molecule has 1 aromatic heterocycles. The average molecular weight is 381 g/mol. The van der Waals surface area contributed by atoms with Crippen LogP contribution in [0, 0.1) is 5.92 Å². The Bertz CT molecular complexity index is 795. The summed E-state index contributed by atoms with van der Waals surface area (Å²) in [5.74, 6) is 0.509. The number of benzene rings is 1. The van der Waals surface area contributed by atoms with Crippen LogP contribution in [0.3, 0.4) is 0 Å². The number of pyridine rings is 1. The molecule has 1 aliphatic rings. The first-order chi connectivity index (χ1) is 13.7. The van der Waals surface area contributed by atoms with Crippen molar-refractivity contribution in [3.63, 3.8) is 0 Å². The predicted octanol–water partition coefficient (Wildman–Crippen LogP) is 2.58. The maximum absolute atomic E-state index is 12.5. The Balaban J connectivity index is 1.44. The Morgan fingerprint density at radius 2 is 2.18 bits per heavy atom. The molecule has 1 atom stereocenters.